The smallest absolute Gasteiger partial charge is 0.234 e. The number of para-hydroxylation sites is 1. The molecular weight excluding hydrogens is 370 g/mol. The van der Waals surface area contributed by atoms with E-state index >= 15 is 0 Å². The van der Waals surface area contributed by atoms with E-state index in [1.807, 2.05) is 62.4 Å². The van der Waals surface area contributed by atoms with E-state index in [1.165, 1.54) is 28.7 Å². The van der Waals surface area contributed by atoms with E-state index in [-0.39, 0.29) is 5.91 Å². The topological polar surface area (TPSA) is 46.9 Å². The molecule has 128 valence electrons. The van der Waals surface area contributed by atoms with Crippen molar-refractivity contribution in [3.05, 3.63) is 63.6 Å². The van der Waals surface area contributed by atoms with Crippen LogP contribution in [0.5, 0.6) is 0 Å². The molecule has 0 spiro atoms. The highest BCUT2D eigenvalue weighted by atomic mass is 32.2. The number of aryl methyl sites for hydroxylation is 2. The summed E-state index contributed by atoms with van der Waals surface area (Å²) in [5.41, 5.74) is 4.11. The van der Waals surface area contributed by atoms with Crippen molar-refractivity contribution in [2.24, 2.45) is 0 Å². The number of carbonyl (C=O) groups is 1. The number of hydrogen-bond donors (Lipinski definition) is 1. The van der Waals surface area contributed by atoms with Gasteiger partial charge in [-0.05, 0) is 61.5 Å². The molecule has 0 aliphatic carbocycles. The van der Waals surface area contributed by atoms with E-state index in [0.29, 0.717) is 9.71 Å². The summed E-state index contributed by atoms with van der Waals surface area (Å²) in [4.78, 5) is 12.2. The molecule has 7 heteroatoms. The van der Waals surface area contributed by atoms with Gasteiger partial charge in [0, 0.05) is 5.69 Å². The Labute approximate surface area is 159 Å². The van der Waals surface area contributed by atoms with Gasteiger partial charge < -0.3 is 5.32 Å². The molecule has 0 radical (unpaired) electrons. The molecule has 25 heavy (non-hydrogen) atoms. The van der Waals surface area contributed by atoms with Crippen molar-refractivity contribution in [3.63, 3.8) is 0 Å². The number of nitrogens with one attached hydrogen (secondary N) is 1. The molecule has 1 aromatic heterocycles. The van der Waals surface area contributed by atoms with Gasteiger partial charge in [0.15, 0.2) is 8.29 Å². The van der Waals surface area contributed by atoms with Gasteiger partial charge in [0.25, 0.3) is 0 Å². The molecule has 3 aromatic rings. The molecule has 1 N–H and O–H groups in total. The van der Waals surface area contributed by atoms with E-state index in [9.17, 15) is 4.79 Å². The second-order valence-corrected chi connectivity index (χ2v) is 8.36. The Bertz CT molecular complexity index is 948. The predicted octanol–water partition coefficient (Wildman–Crippen LogP) is 5.01. The van der Waals surface area contributed by atoms with Crippen molar-refractivity contribution >= 4 is 46.9 Å². The monoisotopic (exact) mass is 387 g/mol. The van der Waals surface area contributed by atoms with Gasteiger partial charge >= 0.3 is 0 Å². The van der Waals surface area contributed by atoms with E-state index in [4.69, 9.17) is 12.2 Å². The molecule has 3 rings (SSSR count). The number of benzene rings is 2. The lowest BCUT2D eigenvalue weighted by Gasteiger charge is -2.07. The van der Waals surface area contributed by atoms with Gasteiger partial charge in [0.05, 0.1) is 11.4 Å². The van der Waals surface area contributed by atoms with Crippen molar-refractivity contribution in [1.29, 1.82) is 0 Å². The third-order valence-electron chi connectivity index (χ3n) is 3.65. The zero-order valence-corrected chi connectivity index (χ0v) is 16.3. The number of nitrogens with zero attached hydrogens (tertiary/aromatic N) is 2. The van der Waals surface area contributed by atoms with Crippen molar-refractivity contribution in [2.45, 2.75) is 18.2 Å². The Morgan fingerprint density at radius 1 is 1.20 bits per heavy atom. The SMILES string of the molecule is Cc1ccc(NC(=O)CSc2nn(-c3ccccc3)c(=S)s2)cc1C. The molecule has 0 aliphatic rings. The van der Waals surface area contributed by atoms with Crippen LogP contribution in [-0.4, -0.2) is 21.4 Å². The van der Waals surface area contributed by atoms with Crippen LogP contribution in [0.3, 0.4) is 0 Å². The van der Waals surface area contributed by atoms with Crippen LogP contribution in [0.15, 0.2) is 52.9 Å². The first-order chi connectivity index (χ1) is 12.0. The second kappa shape index (κ2) is 7.95. The third kappa shape index (κ3) is 4.56. The third-order valence-corrected chi connectivity index (χ3v) is 6.01. The molecule has 2 aromatic carbocycles. The quantitative estimate of drug-likeness (QED) is 0.494. The fourth-order valence-corrected chi connectivity index (χ4v) is 4.36. The Kier molecular flexibility index (Phi) is 5.67. The minimum atomic E-state index is -0.0550. The van der Waals surface area contributed by atoms with Crippen LogP contribution in [-0.2, 0) is 4.79 Å². The first-order valence-corrected chi connectivity index (χ1v) is 9.89. The summed E-state index contributed by atoms with van der Waals surface area (Å²) in [6, 6.07) is 15.6. The number of hydrogen-bond acceptors (Lipinski definition) is 5. The van der Waals surface area contributed by atoms with Gasteiger partial charge in [-0.1, -0.05) is 47.4 Å². The summed E-state index contributed by atoms with van der Waals surface area (Å²) >= 11 is 8.18. The highest BCUT2D eigenvalue weighted by molar-refractivity contribution is 8.01. The normalized spacial score (nSPS) is 10.6. The molecule has 0 fully saturated rings. The zero-order valence-electron chi connectivity index (χ0n) is 13.9. The van der Waals surface area contributed by atoms with Gasteiger partial charge in [-0.2, -0.15) is 0 Å². The van der Waals surface area contributed by atoms with Crippen molar-refractivity contribution in [2.75, 3.05) is 11.1 Å². The van der Waals surface area contributed by atoms with Crippen LogP contribution in [0.25, 0.3) is 5.69 Å². The lowest BCUT2D eigenvalue weighted by Crippen LogP contribution is -2.14. The maximum absolute atomic E-state index is 12.2. The minimum Gasteiger partial charge on any atom is -0.325 e. The highest BCUT2D eigenvalue weighted by Gasteiger charge is 2.09. The number of aromatic nitrogens is 2. The molecule has 1 amide bonds. The molecule has 4 nitrogen and oxygen atoms in total. The van der Waals surface area contributed by atoms with E-state index in [0.717, 1.165) is 21.3 Å². The Morgan fingerprint density at radius 3 is 2.68 bits per heavy atom. The Balaban J connectivity index is 1.63. The maximum atomic E-state index is 12.2. The molecule has 0 bridgehead atoms. The van der Waals surface area contributed by atoms with Crippen LogP contribution < -0.4 is 5.32 Å². The fourth-order valence-electron chi connectivity index (χ4n) is 2.20. The summed E-state index contributed by atoms with van der Waals surface area (Å²) in [7, 11) is 0. The Hall–Kier alpha value is -1.96. The lowest BCUT2D eigenvalue weighted by atomic mass is 10.1. The highest BCUT2D eigenvalue weighted by Crippen LogP contribution is 2.24. The van der Waals surface area contributed by atoms with Crippen LogP contribution >= 0.6 is 35.3 Å². The van der Waals surface area contributed by atoms with Crippen molar-refractivity contribution in [3.8, 4) is 5.69 Å². The average molecular weight is 388 g/mol. The lowest BCUT2D eigenvalue weighted by molar-refractivity contribution is -0.113. The summed E-state index contributed by atoms with van der Waals surface area (Å²) in [5, 5.41) is 7.42. The molecule has 0 unspecified atom stereocenters. The van der Waals surface area contributed by atoms with Gasteiger partial charge in [-0.3, -0.25) is 4.79 Å². The number of carbonyl (C=O) groups excluding carboxylic acids is 1. The molecule has 0 atom stereocenters. The van der Waals surface area contributed by atoms with E-state index in [1.54, 1.807) is 4.68 Å². The van der Waals surface area contributed by atoms with Crippen LogP contribution in [0.1, 0.15) is 11.1 Å². The van der Waals surface area contributed by atoms with Crippen molar-refractivity contribution in [1.82, 2.24) is 9.78 Å². The van der Waals surface area contributed by atoms with Crippen LogP contribution in [0, 0.1) is 17.8 Å². The Morgan fingerprint density at radius 2 is 1.96 bits per heavy atom. The van der Waals surface area contributed by atoms with Crippen LogP contribution in [0.4, 0.5) is 5.69 Å². The average Bonchev–Trinajstić information content (AvgIpc) is 2.98. The minimum absolute atomic E-state index is 0.0550. The fraction of sp³-hybridized carbons (Fsp3) is 0.167. The zero-order chi connectivity index (χ0) is 17.8. The number of amides is 1. The number of rotatable bonds is 5. The van der Waals surface area contributed by atoms with E-state index < -0.39 is 0 Å². The molecule has 0 saturated carbocycles. The van der Waals surface area contributed by atoms with E-state index in [2.05, 4.69) is 10.4 Å². The summed E-state index contributed by atoms with van der Waals surface area (Å²) < 4.78 is 3.18. The first kappa shape index (κ1) is 17.8. The maximum Gasteiger partial charge on any atom is 0.234 e. The molecule has 0 saturated heterocycles. The summed E-state index contributed by atoms with van der Waals surface area (Å²) in [6.45, 7) is 4.08. The standard InChI is InChI=1S/C18H17N3OS3/c1-12-8-9-14(10-13(12)2)19-16(22)11-24-17-20-21(18(23)25-17)15-6-4-3-5-7-15/h3-10H,11H2,1-2H3,(H,19,22). The van der Waals surface area contributed by atoms with Gasteiger partial charge in [-0.25, -0.2) is 4.68 Å². The summed E-state index contributed by atoms with van der Waals surface area (Å²) in [5.74, 6) is 0.241. The van der Waals surface area contributed by atoms with Gasteiger partial charge in [0.1, 0.15) is 0 Å². The number of thioether (sulfide) groups is 1. The molecular formula is C18H17N3OS3. The first-order valence-electron chi connectivity index (χ1n) is 7.68. The van der Waals surface area contributed by atoms with Crippen LogP contribution in [0.2, 0.25) is 0 Å². The van der Waals surface area contributed by atoms with Gasteiger partial charge in [-0.15, -0.1) is 5.10 Å². The predicted molar refractivity (Wildman–Crippen MR) is 108 cm³/mol. The molecule has 0 aliphatic heterocycles. The summed E-state index contributed by atoms with van der Waals surface area (Å²) in [6.07, 6.45) is 0. The molecule has 1 heterocycles. The largest absolute Gasteiger partial charge is 0.325 e. The number of anilines is 1. The second-order valence-electron chi connectivity index (χ2n) is 5.52. The van der Waals surface area contributed by atoms with Crippen molar-refractivity contribution < 1.29 is 4.79 Å². The van der Waals surface area contributed by atoms with Gasteiger partial charge in [0.2, 0.25) is 5.91 Å².